The number of alkyl halides is 2. The Hall–Kier alpha value is -0.000000000000000111. The average molecular weight is 371 g/mol. The summed E-state index contributed by atoms with van der Waals surface area (Å²) in [5, 5.41) is -1.50. The third kappa shape index (κ3) is 4.09. The van der Waals surface area contributed by atoms with Crippen molar-refractivity contribution in [2.75, 3.05) is 6.61 Å². The third-order valence-corrected chi connectivity index (χ3v) is 8.36. The number of ether oxygens (including phenoxy) is 1. The highest BCUT2D eigenvalue weighted by atomic mass is 35.5. The maximum Gasteiger partial charge on any atom is 0.324 e. The lowest BCUT2D eigenvalue weighted by Crippen LogP contribution is -2.43. The highest BCUT2D eigenvalue weighted by Crippen LogP contribution is 2.53. The van der Waals surface area contributed by atoms with Crippen molar-refractivity contribution in [1.82, 2.24) is 0 Å². The first-order valence-corrected chi connectivity index (χ1v) is 10.3. The SMILES string of the molecule is CC(C)[C@@H](C(=O)OC[C@H]1CC1(Cl)Cl)S(=O)(=O)C1CCCCC1. The smallest absolute Gasteiger partial charge is 0.324 e. The van der Waals surface area contributed by atoms with E-state index in [1.165, 1.54) is 0 Å². The van der Waals surface area contributed by atoms with E-state index in [0.29, 0.717) is 19.3 Å². The van der Waals surface area contributed by atoms with Crippen molar-refractivity contribution in [2.24, 2.45) is 11.8 Å². The summed E-state index contributed by atoms with van der Waals surface area (Å²) in [6, 6.07) is 0. The van der Waals surface area contributed by atoms with Crippen LogP contribution >= 0.6 is 23.2 Å². The number of sulfone groups is 1. The van der Waals surface area contributed by atoms with Gasteiger partial charge in [0.2, 0.25) is 0 Å². The topological polar surface area (TPSA) is 60.4 Å². The van der Waals surface area contributed by atoms with E-state index >= 15 is 0 Å². The fraction of sp³-hybridized carbons (Fsp3) is 0.933. The van der Waals surface area contributed by atoms with Crippen LogP contribution in [0.2, 0.25) is 0 Å². The second kappa shape index (κ2) is 6.86. The summed E-state index contributed by atoms with van der Waals surface area (Å²) in [6.07, 6.45) is 4.75. The lowest BCUT2D eigenvalue weighted by atomic mass is 10.0. The van der Waals surface area contributed by atoms with Gasteiger partial charge in [-0.15, -0.1) is 23.2 Å². The molecular formula is C15H24Cl2O4S. The van der Waals surface area contributed by atoms with Crippen LogP contribution in [-0.2, 0) is 19.4 Å². The van der Waals surface area contributed by atoms with Crippen molar-refractivity contribution < 1.29 is 17.9 Å². The molecule has 22 heavy (non-hydrogen) atoms. The predicted octanol–water partition coefficient (Wildman–Crippen LogP) is 3.50. The molecule has 0 unspecified atom stereocenters. The number of halogens is 2. The molecule has 0 N–H and O–H groups in total. The molecule has 4 nitrogen and oxygen atoms in total. The van der Waals surface area contributed by atoms with E-state index in [1.807, 2.05) is 0 Å². The molecule has 0 saturated heterocycles. The Kier molecular flexibility index (Phi) is 5.72. The van der Waals surface area contributed by atoms with Gasteiger partial charge in [-0.3, -0.25) is 4.79 Å². The van der Waals surface area contributed by atoms with E-state index in [-0.39, 0.29) is 18.4 Å². The zero-order chi connectivity index (χ0) is 16.5. The summed E-state index contributed by atoms with van der Waals surface area (Å²) in [6.45, 7) is 3.59. The Morgan fingerprint density at radius 2 is 1.77 bits per heavy atom. The van der Waals surface area contributed by atoms with Gasteiger partial charge in [-0.1, -0.05) is 33.1 Å². The van der Waals surface area contributed by atoms with Gasteiger partial charge in [-0.05, 0) is 25.2 Å². The Labute approximate surface area is 142 Å². The highest BCUT2D eigenvalue weighted by molar-refractivity contribution is 7.93. The molecule has 7 heteroatoms. The molecule has 0 radical (unpaired) electrons. The van der Waals surface area contributed by atoms with Crippen LogP contribution in [0.15, 0.2) is 0 Å². The Morgan fingerprint density at radius 3 is 2.23 bits per heavy atom. The van der Waals surface area contributed by atoms with Crippen LogP contribution in [0.5, 0.6) is 0 Å². The molecule has 0 aromatic carbocycles. The van der Waals surface area contributed by atoms with Gasteiger partial charge in [-0.25, -0.2) is 8.42 Å². The lowest BCUT2D eigenvalue weighted by molar-refractivity contribution is -0.144. The van der Waals surface area contributed by atoms with Gasteiger partial charge in [-0.2, -0.15) is 0 Å². The summed E-state index contributed by atoms with van der Waals surface area (Å²) in [5.74, 6) is -1.06. The summed E-state index contributed by atoms with van der Waals surface area (Å²) in [5.41, 5.74) is 0. The molecule has 0 bridgehead atoms. The number of carbonyl (C=O) groups is 1. The average Bonchev–Trinajstić information content (AvgIpc) is 3.04. The quantitative estimate of drug-likeness (QED) is 0.530. The maximum atomic E-state index is 12.8. The molecule has 0 heterocycles. The van der Waals surface area contributed by atoms with Gasteiger partial charge in [0.15, 0.2) is 15.1 Å². The van der Waals surface area contributed by atoms with Gasteiger partial charge in [0.05, 0.1) is 11.9 Å². The zero-order valence-electron chi connectivity index (χ0n) is 13.1. The molecule has 2 atom stereocenters. The minimum Gasteiger partial charge on any atom is -0.464 e. The van der Waals surface area contributed by atoms with Crippen LogP contribution in [0.1, 0.15) is 52.4 Å². The van der Waals surface area contributed by atoms with Gasteiger partial charge in [0, 0.05) is 5.92 Å². The molecule has 2 saturated carbocycles. The molecule has 0 aliphatic heterocycles. The first-order chi connectivity index (χ1) is 10.2. The van der Waals surface area contributed by atoms with E-state index in [4.69, 9.17) is 27.9 Å². The van der Waals surface area contributed by atoms with Crippen LogP contribution in [0.4, 0.5) is 0 Å². The van der Waals surface area contributed by atoms with Crippen molar-refractivity contribution in [1.29, 1.82) is 0 Å². The molecule has 2 fully saturated rings. The highest BCUT2D eigenvalue weighted by Gasteiger charge is 2.53. The molecule has 2 aliphatic rings. The van der Waals surface area contributed by atoms with Crippen LogP contribution in [-0.4, -0.2) is 35.8 Å². The number of carbonyl (C=O) groups excluding carboxylic acids is 1. The predicted molar refractivity (Wildman–Crippen MR) is 87.9 cm³/mol. The summed E-state index contributed by atoms with van der Waals surface area (Å²) < 4.78 is 30.0. The van der Waals surface area contributed by atoms with Crippen LogP contribution in [0, 0.1) is 11.8 Å². The largest absolute Gasteiger partial charge is 0.464 e. The first-order valence-electron chi connectivity index (χ1n) is 7.93. The first kappa shape index (κ1) is 18.3. The lowest BCUT2D eigenvalue weighted by Gasteiger charge is -2.28. The minimum absolute atomic E-state index is 0.0925. The summed E-state index contributed by atoms with van der Waals surface area (Å²) in [4.78, 5) is 12.3. The fourth-order valence-electron chi connectivity index (χ4n) is 3.10. The van der Waals surface area contributed by atoms with Crippen molar-refractivity contribution in [2.45, 2.75) is 67.2 Å². The van der Waals surface area contributed by atoms with E-state index < -0.39 is 30.6 Å². The Bertz CT molecular complexity index is 510. The number of hydrogen-bond donors (Lipinski definition) is 0. The van der Waals surface area contributed by atoms with Crippen LogP contribution in [0.3, 0.4) is 0 Å². The maximum absolute atomic E-state index is 12.8. The number of hydrogen-bond acceptors (Lipinski definition) is 4. The molecule has 0 amide bonds. The van der Waals surface area contributed by atoms with Gasteiger partial charge >= 0.3 is 5.97 Å². The molecule has 2 rings (SSSR count). The molecule has 0 aromatic rings. The van der Waals surface area contributed by atoms with E-state index in [0.717, 1.165) is 19.3 Å². The van der Waals surface area contributed by atoms with E-state index in [2.05, 4.69) is 0 Å². The van der Waals surface area contributed by atoms with Crippen molar-refractivity contribution >= 4 is 39.0 Å². The van der Waals surface area contributed by atoms with Gasteiger partial charge in [0.1, 0.15) is 4.33 Å². The second-order valence-electron chi connectivity index (χ2n) is 6.81. The minimum atomic E-state index is -3.52. The molecule has 0 spiro atoms. The molecule has 0 aromatic heterocycles. The Morgan fingerprint density at radius 1 is 1.23 bits per heavy atom. The van der Waals surface area contributed by atoms with E-state index in [1.54, 1.807) is 13.8 Å². The molecule has 128 valence electrons. The monoisotopic (exact) mass is 370 g/mol. The van der Waals surface area contributed by atoms with Gasteiger partial charge in [0.25, 0.3) is 0 Å². The fourth-order valence-corrected chi connectivity index (χ4v) is 6.10. The van der Waals surface area contributed by atoms with Crippen molar-refractivity contribution in [3.05, 3.63) is 0 Å². The summed E-state index contributed by atoms with van der Waals surface area (Å²) in [7, 11) is -3.52. The second-order valence-corrected chi connectivity index (χ2v) is 10.7. The van der Waals surface area contributed by atoms with E-state index in [9.17, 15) is 13.2 Å². The Balaban J connectivity index is 2.03. The third-order valence-electron chi connectivity index (χ3n) is 4.59. The number of esters is 1. The van der Waals surface area contributed by atoms with Crippen LogP contribution < -0.4 is 0 Å². The van der Waals surface area contributed by atoms with Crippen molar-refractivity contribution in [3.8, 4) is 0 Å². The van der Waals surface area contributed by atoms with Gasteiger partial charge < -0.3 is 4.74 Å². The zero-order valence-corrected chi connectivity index (χ0v) is 15.4. The normalized spacial score (nSPS) is 26.7. The molecule has 2 aliphatic carbocycles. The molecular weight excluding hydrogens is 347 g/mol. The number of rotatable bonds is 6. The van der Waals surface area contributed by atoms with Crippen molar-refractivity contribution in [3.63, 3.8) is 0 Å². The van der Waals surface area contributed by atoms with Crippen LogP contribution in [0.25, 0.3) is 0 Å². The standard InChI is InChI=1S/C15H24Cl2O4S/c1-10(2)13(14(18)21-9-11-8-15(11,16)17)22(19,20)12-6-4-3-5-7-12/h10-13H,3-9H2,1-2H3/t11-,13+/m1/s1. The summed E-state index contributed by atoms with van der Waals surface area (Å²) >= 11 is 11.8.